The molecule has 4 nitrogen and oxygen atoms in total. The van der Waals surface area contributed by atoms with Crippen molar-refractivity contribution in [3.05, 3.63) is 29.3 Å². The number of rotatable bonds is 1. The van der Waals surface area contributed by atoms with Gasteiger partial charge in [0.05, 0.1) is 0 Å². The van der Waals surface area contributed by atoms with Crippen LogP contribution in [0.25, 0.3) is 0 Å². The fourth-order valence-corrected chi connectivity index (χ4v) is 1.83. The fourth-order valence-electron chi connectivity index (χ4n) is 1.71. The Balaban J connectivity index is 1.94. The van der Waals surface area contributed by atoms with E-state index in [9.17, 15) is 4.79 Å². The van der Waals surface area contributed by atoms with E-state index in [4.69, 9.17) is 17.3 Å². The first kappa shape index (κ1) is 11.2. The SMILES string of the molecule is NC1CCN(C(=O)Nc2ccc(Cl)cc2)C1. The molecule has 2 amide bonds. The second kappa shape index (κ2) is 4.72. The quantitative estimate of drug-likeness (QED) is 0.787. The Morgan fingerprint density at radius 1 is 1.44 bits per heavy atom. The van der Waals surface area contributed by atoms with Crippen molar-refractivity contribution >= 4 is 23.3 Å². The van der Waals surface area contributed by atoms with Gasteiger partial charge >= 0.3 is 6.03 Å². The number of hydrogen-bond donors (Lipinski definition) is 2. The molecule has 1 atom stereocenters. The van der Waals surface area contributed by atoms with E-state index >= 15 is 0 Å². The molecule has 1 saturated heterocycles. The molecule has 0 aliphatic carbocycles. The maximum atomic E-state index is 11.8. The number of urea groups is 1. The average molecular weight is 240 g/mol. The van der Waals surface area contributed by atoms with Crippen LogP contribution in [0.2, 0.25) is 5.02 Å². The lowest BCUT2D eigenvalue weighted by Gasteiger charge is -2.16. The third-order valence-electron chi connectivity index (χ3n) is 2.61. The van der Waals surface area contributed by atoms with Gasteiger partial charge in [-0.15, -0.1) is 0 Å². The molecule has 0 aromatic heterocycles. The van der Waals surface area contributed by atoms with E-state index in [1.165, 1.54) is 0 Å². The van der Waals surface area contributed by atoms with Crippen LogP contribution in [0.4, 0.5) is 10.5 Å². The van der Waals surface area contributed by atoms with Crippen LogP contribution in [0.15, 0.2) is 24.3 Å². The van der Waals surface area contributed by atoms with Crippen molar-refractivity contribution in [3.63, 3.8) is 0 Å². The van der Waals surface area contributed by atoms with Gasteiger partial charge in [-0.2, -0.15) is 0 Å². The lowest BCUT2D eigenvalue weighted by Crippen LogP contribution is -2.35. The van der Waals surface area contributed by atoms with Gasteiger partial charge in [-0.1, -0.05) is 11.6 Å². The number of hydrogen-bond acceptors (Lipinski definition) is 2. The molecule has 1 fully saturated rings. The number of nitrogens with zero attached hydrogens (tertiary/aromatic N) is 1. The monoisotopic (exact) mass is 239 g/mol. The van der Waals surface area contributed by atoms with Crippen molar-refractivity contribution < 1.29 is 4.79 Å². The van der Waals surface area contributed by atoms with E-state index in [-0.39, 0.29) is 12.1 Å². The van der Waals surface area contributed by atoms with Crippen molar-refractivity contribution in [1.82, 2.24) is 4.90 Å². The second-order valence-corrected chi connectivity index (χ2v) is 4.37. The fraction of sp³-hybridized carbons (Fsp3) is 0.364. The lowest BCUT2D eigenvalue weighted by atomic mass is 10.3. The first-order valence-corrected chi connectivity index (χ1v) is 5.60. The van der Waals surface area contributed by atoms with Crippen LogP contribution in [0.5, 0.6) is 0 Å². The van der Waals surface area contributed by atoms with E-state index in [0.717, 1.165) is 18.7 Å². The summed E-state index contributed by atoms with van der Waals surface area (Å²) in [4.78, 5) is 13.5. The molecule has 0 spiro atoms. The highest BCUT2D eigenvalue weighted by molar-refractivity contribution is 6.30. The number of carbonyl (C=O) groups excluding carboxylic acids is 1. The predicted octanol–water partition coefficient (Wildman–Crippen LogP) is 1.90. The van der Waals surface area contributed by atoms with E-state index in [1.807, 2.05) is 0 Å². The van der Waals surface area contributed by atoms with Gasteiger partial charge in [-0.05, 0) is 30.7 Å². The largest absolute Gasteiger partial charge is 0.326 e. The highest BCUT2D eigenvalue weighted by atomic mass is 35.5. The van der Waals surface area contributed by atoms with Crippen LogP contribution in [-0.2, 0) is 0 Å². The first-order chi connectivity index (χ1) is 7.65. The zero-order chi connectivity index (χ0) is 11.5. The topological polar surface area (TPSA) is 58.4 Å². The maximum absolute atomic E-state index is 11.8. The van der Waals surface area contributed by atoms with Crippen molar-refractivity contribution in [1.29, 1.82) is 0 Å². The third-order valence-corrected chi connectivity index (χ3v) is 2.86. The summed E-state index contributed by atoms with van der Waals surface area (Å²) in [6, 6.07) is 7.04. The van der Waals surface area contributed by atoms with Gasteiger partial charge in [0.15, 0.2) is 0 Å². The van der Waals surface area contributed by atoms with Crippen molar-refractivity contribution in [2.45, 2.75) is 12.5 Å². The summed E-state index contributed by atoms with van der Waals surface area (Å²) < 4.78 is 0. The molecule has 1 aromatic carbocycles. The summed E-state index contributed by atoms with van der Waals surface area (Å²) in [5.41, 5.74) is 6.48. The van der Waals surface area contributed by atoms with Crippen molar-refractivity contribution in [3.8, 4) is 0 Å². The summed E-state index contributed by atoms with van der Waals surface area (Å²) in [6.45, 7) is 1.35. The van der Waals surface area contributed by atoms with Crippen LogP contribution in [-0.4, -0.2) is 30.1 Å². The minimum atomic E-state index is -0.102. The van der Waals surface area contributed by atoms with Crippen molar-refractivity contribution in [2.24, 2.45) is 5.73 Å². The molecule has 3 N–H and O–H groups in total. The van der Waals surface area contributed by atoms with Crippen molar-refractivity contribution in [2.75, 3.05) is 18.4 Å². The molecule has 0 saturated carbocycles. The van der Waals surface area contributed by atoms with Gasteiger partial charge in [0.1, 0.15) is 0 Å². The maximum Gasteiger partial charge on any atom is 0.321 e. The molecule has 1 aliphatic heterocycles. The molecule has 0 radical (unpaired) electrons. The Bertz CT molecular complexity index is 379. The average Bonchev–Trinajstić information content (AvgIpc) is 2.68. The molecule has 2 rings (SSSR count). The Kier molecular flexibility index (Phi) is 3.31. The zero-order valence-electron chi connectivity index (χ0n) is 8.82. The van der Waals surface area contributed by atoms with Gasteiger partial charge in [0.25, 0.3) is 0 Å². The molecule has 1 heterocycles. The van der Waals surface area contributed by atoms with E-state index < -0.39 is 0 Å². The Labute approximate surface area is 99.4 Å². The number of nitrogens with two attached hydrogens (primary N) is 1. The van der Waals surface area contributed by atoms with Gasteiger partial charge in [-0.3, -0.25) is 0 Å². The lowest BCUT2D eigenvalue weighted by molar-refractivity contribution is 0.222. The molecule has 1 aromatic rings. The predicted molar refractivity (Wildman–Crippen MR) is 64.6 cm³/mol. The minimum Gasteiger partial charge on any atom is -0.326 e. The van der Waals surface area contributed by atoms with Gasteiger partial charge < -0.3 is 16.0 Å². The first-order valence-electron chi connectivity index (χ1n) is 5.22. The van der Waals surface area contributed by atoms with E-state index in [1.54, 1.807) is 29.2 Å². The molecular formula is C11H14ClN3O. The van der Waals surface area contributed by atoms with Crippen LogP contribution in [0.3, 0.4) is 0 Å². The van der Waals surface area contributed by atoms with Crippen LogP contribution < -0.4 is 11.1 Å². The summed E-state index contributed by atoms with van der Waals surface area (Å²) >= 11 is 5.75. The van der Waals surface area contributed by atoms with Crippen LogP contribution >= 0.6 is 11.6 Å². The summed E-state index contributed by atoms with van der Waals surface area (Å²) in [7, 11) is 0. The summed E-state index contributed by atoms with van der Waals surface area (Å²) in [6.07, 6.45) is 0.869. The number of anilines is 1. The molecular weight excluding hydrogens is 226 g/mol. The second-order valence-electron chi connectivity index (χ2n) is 3.93. The highest BCUT2D eigenvalue weighted by Crippen LogP contribution is 2.15. The Hall–Kier alpha value is -1.26. The normalized spacial score (nSPS) is 19.9. The number of likely N-dealkylation sites (tertiary alicyclic amines) is 1. The molecule has 1 unspecified atom stereocenters. The number of nitrogens with one attached hydrogen (secondary N) is 1. The smallest absolute Gasteiger partial charge is 0.321 e. The molecule has 0 bridgehead atoms. The highest BCUT2D eigenvalue weighted by Gasteiger charge is 2.23. The zero-order valence-corrected chi connectivity index (χ0v) is 9.57. The Morgan fingerprint density at radius 2 is 2.12 bits per heavy atom. The molecule has 16 heavy (non-hydrogen) atoms. The molecule has 1 aliphatic rings. The number of amides is 2. The van der Waals surface area contributed by atoms with Crippen LogP contribution in [0, 0.1) is 0 Å². The van der Waals surface area contributed by atoms with E-state index in [0.29, 0.717) is 11.6 Å². The molecule has 86 valence electrons. The van der Waals surface area contributed by atoms with Crippen LogP contribution in [0.1, 0.15) is 6.42 Å². The summed E-state index contributed by atoms with van der Waals surface area (Å²) in [5, 5.41) is 3.46. The minimum absolute atomic E-state index is 0.102. The molecule has 5 heteroatoms. The van der Waals surface area contributed by atoms with E-state index in [2.05, 4.69) is 5.32 Å². The standard InChI is InChI=1S/C11H14ClN3O/c12-8-1-3-10(4-2-8)14-11(16)15-6-5-9(13)7-15/h1-4,9H,5-7,13H2,(H,14,16). The number of benzene rings is 1. The number of halogens is 1. The van der Waals surface area contributed by atoms with Gasteiger partial charge in [0, 0.05) is 29.8 Å². The summed E-state index contributed by atoms with van der Waals surface area (Å²) in [5.74, 6) is 0. The Morgan fingerprint density at radius 3 is 2.69 bits per heavy atom. The van der Waals surface area contributed by atoms with Gasteiger partial charge in [0.2, 0.25) is 0 Å². The number of carbonyl (C=O) groups is 1. The van der Waals surface area contributed by atoms with Gasteiger partial charge in [-0.25, -0.2) is 4.79 Å². The third kappa shape index (κ3) is 2.65.